The van der Waals surface area contributed by atoms with Gasteiger partial charge in [-0.25, -0.2) is 0 Å². The summed E-state index contributed by atoms with van der Waals surface area (Å²) in [5, 5.41) is 15.3. The van der Waals surface area contributed by atoms with Crippen molar-refractivity contribution in [2.45, 2.75) is 51.6 Å². The Labute approximate surface area is 97.8 Å². The Morgan fingerprint density at radius 2 is 2.25 bits per heavy atom. The van der Waals surface area contributed by atoms with Crippen molar-refractivity contribution in [1.82, 2.24) is 10.6 Å². The van der Waals surface area contributed by atoms with Crippen LogP contribution in [0, 0.1) is 5.92 Å². The highest BCUT2D eigenvalue weighted by Gasteiger charge is 2.28. The Bertz CT molecular complexity index is 241. The van der Waals surface area contributed by atoms with E-state index in [9.17, 15) is 4.79 Å². The number of hydrogen-bond donors (Lipinski definition) is 3. The molecule has 0 radical (unpaired) electrons. The molecule has 3 N–H and O–H groups in total. The topological polar surface area (TPSA) is 61.4 Å². The Morgan fingerprint density at radius 1 is 1.56 bits per heavy atom. The van der Waals surface area contributed by atoms with Gasteiger partial charge in [-0.15, -0.1) is 0 Å². The molecule has 94 valence electrons. The van der Waals surface area contributed by atoms with E-state index in [1.54, 1.807) is 0 Å². The van der Waals surface area contributed by atoms with Crippen LogP contribution in [0.4, 0.5) is 0 Å². The van der Waals surface area contributed by atoms with Crippen LogP contribution in [0.25, 0.3) is 0 Å². The van der Waals surface area contributed by atoms with Gasteiger partial charge in [-0.05, 0) is 46.6 Å². The zero-order valence-electron chi connectivity index (χ0n) is 10.5. The van der Waals surface area contributed by atoms with Crippen LogP contribution in [0.2, 0.25) is 0 Å². The molecule has 1 rings (SSSR count). The van der Waals surface area contributed by atoms with E-state index in [2.05, 4.69) is 17.6 Å². The molecule has 2 atom stereocenters. The van der Waals surface area contributed by atoms with Gasteiger partial charge < -0.3 is 15.7 Å². The monoisotopic (exact) mass is 228 g/mol. The van der Waals surface area contributed by atoms with Gasteiger partial charge in [0.2, 0.25) is 5.91 Å². The molecule has 0 spiro atoms. The lowest BCUT2D eigenvalue weighted by molar-refractivity contribution is -0.127. The molecule has 4 heteroatoms. The molecule has 16 heavy (non-hydrogen) atoms. The fourth-order valence-electron chi connectivity index (χ4n) is 2.15. The molecule has 1 aliphatic heterocycles. The SMILES string of the molecule is CC1CC(C(=O)NC(C)(C)CCO)CCN1. The van der Waals surface area contributed by atoms with Gasteiger partial charge in [0.15, 0.2) is 0 Å². The molecule has 1 heterocycles. The predicted molar refractivity (Wildman–Crippen MR) is 64.1 cm³/mol. The van der Waals surface area contributed by atoms with Crippen LogP contribution in [-0.4, -0.2) is 35.7 Å². The van der Waals surface area contributed by atoms with Gasteiger partial charge in [-0.2, -0.15) is 0 Å². The summed E-state index contributed by atoms with van der Waals surface area (Å²) >= 11 is 0. The first kappa shape index (κ1) is 13.5. The van der Waals surface area contributed by atoms with E-state index in [0.29, 0.717) is 12.5 Å². The molecule has 0 aromatic carbocycles. The second-order valence-electron chi connectivity index (χ2n) is 5.42. The number of carbonyl (C=O) groups excluding carboxylic acids is 1. The van der Waals surface area contributed by atoms with Gasteiger partial charge in [0.25, 0.3) is 0 Å². The zero-order valence-corrected chi connectivity index (χ0v) is 10.5. The molecule has 1 aliphatic rings. The summed E-state index contributed by atoms with van der Waals surface area (Å²) in [5.74, 6) is 0.251. The minimum atomic E-state index is -0.306. The smallest absolute Gasteiger partial charge is 0.223 e. The van der Waals surface area contributed by atoms with E-state index >= 15 is 0 Å². The van der Waals surface area contributed by atoms with Crippen molar-refractivity contribution in [1.29, 1.82) is 0 Å². The molecular formula is C12H24N2O2. The van der Waals surface area contributed by atoms with Crippen LogP contribution in [0.1, 0.15) is 40.0 Å². The maximum Gasteiger partial charge on any atom is 0.223 e. The Hall–Kier alpha value is -0.610. The van der Waals surface area contributed by atoms with Crippen LogP contribution >= 0.6 is 0 Å². The summed E-state index contributed by atoms with van der Waals surface area (Å²) in [5.41, 5.74) is -0.306. The number of hydrogen-bond acceptors (Lipinski definition) is 3. The van der Waals surface area contributed by atoms with Crippen LogP contribution in [0.3, 0.4) is 0 Å². The normalized spacial score (nSPS) is 26.5. The molecule has 1 saturated heterocycles. The van der Waals surface area contributed by atoms with Crippen molar-refractivity contribution in [3.05, 3.63) is 0 Å². The third kappa shape index (κ3) is 4.10. The third-order valence-corrected chi connectivity index (χ3v) is 3.19. The molecule has 0 aromatic heterocycles. The number of aliphatic hydroxyl groups excluding tert-OH is 1. The van der Waals surface area contributed by atoms with Crippen molar-refractivity contribution in [2.75, 3.05) is 13.2 Å². The minimum Gasteiger partial charge on any atom is -0.396 e. The predicted octanol–water partition coefficient (Wildman–Crippen LogP) is 0.652. The van der Waals surface area contributed by atoms with Gasteiger partial charge in [0, 0.05) is 24.1 Å². The highest BCUT2D eigenvalue weighted by molar-refractivity contribution is 5.79. The summed E-state index contributed by atoms with van der Waals surface area (Å²) in [4.78, 5) is 12.0. The molecule has 2 unspecified atom stereocenters. The van der Waals surface area contributed by atoms with E-state index in [-0.39, 0.29) is 24.0 Å². The van der Waals surface area contributed by atoms with Gasteiger partial charge in [-0.3, -0.25) is 4.79 Å². The summed E-state index contributed by atoms with van der Waals surface area (Å²) in [6, 6.07) is 0.422. The molecule has 0 saturated carbocycles. The van der Waals surface area contributed by atoms with E-state index < -0.39 is 0 Å². The lowest BCUT2D eigenvalue weighted by atomic mass is 9.91. The maximum absolute atomic E-state index is 12.0. The number of aliphatic hydroxyl groups is 1. The zero-order chi connectivity index (χ0) is 12.2. The van der Waals surface area contributed by atoms with E-state index in [1.165, 1.54) is 0 Å². The van der Waals surface area contributed by atoms with Gasteiger partial charge in [0.05, 0.1) is 0 Å². The van der Waals surface area contributed by atoms with Crippen LogP contribution in [-0.2, 0) is 4.79 Å². The lowest BCUT2D eigenvalue weighted by Gasteiger charge is -2.32. The molecule has 0 bridgehead atoms. The van der Waals surface area contributed by atoms with E-state index in [1.807, 2.05) is 13.8 Å². The first-order valence-corrected chi connectivity index (χ1v) is 6.11. The molecule has 0 aromatic rings. The molecule has 1 amide bonds. The van der Waals surface area contributed by atoms with Gasteiger partial charge in [-0.1, -0.05) is 0 Å². The number of carbonyl (C=O) groups is 1. The Morgan fingerprint density at radius 3 is 2.81 bits per heavy atom. The quantitative estimate of drug-likeness (QED) is 0.662. The number of rotatable bonds is 4. The molecular weight excluding hydrogens is 204 g/mol. The molecule has 0 aliphatic carbocycles. The highest BCUT2D eigenvalue weighted by atomic mass is 16.3. The number of amides is 1. The highest BCUT2D eigenvalue weighted by Crippen LogP contribution is 2.18. The van der Waals surface area contributed by atoms with Crippen LogP contribution in [0.15, 0.2) is 0 Å². The van der Waals surface area contributed by atoms with Crippen LogP contribution < -0.4 is 10.6 Å². The number of nitrogens with one attached hydrogen (secondary N) is 2. The largest absolute Gasteiger partial charge is 0.396 e. The molecule has 1 fully saturated rings. The van der Waals surface area contributed by atoms with Gasteiger partial charge >= 0.3 is 0 Å². The van der Waals surface area contributed by atoms with Crippen LogP contribution in [0.5, 0.6) is 0 Å². The third-order valence-electron chi connectivity index (χ3n) is 3.19. The summed E-state index contributed by atoms with van der Waals surface area (Å²) in [6.07, 6.45) is 2.41. The Balaban J connectivity index is 2.45. The van der Waals surface area contributed by atoms with Gasteiger partial charge in [0.1, 0.15) is 0 Å². The lowest BCUT2D eigenvalue weighted by Crippen LogP contribution is -2.49. The summed E-state index contributed by atoms with van der Waals surface area (Å²) in [6.45, 7) is 7.03. The van der Waals surface area contributed by atoms with Crippen molar-refractivity contribution in [3.63, 3.8) is 0 Å². The van der Waals surface area contributed by atoms with E-state index in [0.717, 1.165) is 19.4 Å². The van der Waals surface area contributed by atoms with Crippen molar-refractivity contribution < 1.29 is 9.90 Å². The fourth-order valence-corrected chi connectivity index (χ4v) is 2.15. The first-order chi connectivity index (χ1) is 7.44. The average molecular weight is 228 g/mol. The molecule has 4 nitrogen and oxygen atoms in total. The van der Waals surface area contributed by atoms with Crippen molar-refractivity contribution in [3.8, 4) is 0 Å². The summed E-state index contributed by atoms with van der Waals surface area (Å²) < 4.78 is 0. The second kappa shape index (κ2) is 5.64. The second-order valence-corrected chi connectivity index (χ2v) is 5.42. The van der Waals surface area contributed by atoms with E-state index in [4.69, 9.17) is 5.11 Å². The number of piperidine rings is 1. The first-order valence-electron chi connectivity index (χ1n) is 6.11. The average Bonchev–Trinajstić information content (AvgIpc) is 2.16. The van der Waals surface area contributed by atoms with Crippen molar-refractivity contribution >= 4 is 5.91 Å². The summed E-state index contributed by atoms with van der Waals surface area (Å²) in [7, 11) is 0. The maximum atomic E-state index is 12.0. The minimum absolute atomic E-state index is 0.107. The Kier molecular flexibility index (Phi) is 4.74. The fraction of sp³-hybridized carbons (Fsp3) is 0.917. The standard InChI is InChI=1S/C12H24N2O2/c1-9-8-10(4-6-13-9)11(16)14-12(2,3)5-7-15/h9-10,13,15H,4-8H2,1-3H3,(H,14,16). The van der Waals surface area contributed by atoms with Crippen molar-refractivity contribution in [2.24, 2.45) is 5.92 Å².